The molecule has 1 aromatic carbocycles. The molecule has 2 rings (SSSR count). The molecule has 0 bridgehead atoms. The van der Waals surface area contributed by atoms with Gasteiger partial charge in [-0.05, 0) is 17.7 Å². The second-order valence-electron chi connectivity index (χ2n) is 2.42. The third-order valence-corrected chi connectivity index (χ3v) is 1.88. The highest BCUT2D eigenvalue weighted by atomic mass is 35.5. The zero-order valence-electron chi connectivity index (χ0n) is 5.84. The van der Waals surface area contributed by atoms with Crippen molar-refractivity contribution in [3.05, 3.63) is 28.8 Å². The summed E-state index contributed by atoms with van der Waals surface area (Å²) in [4.78, 5) is 4.07. The van der Waals surface area contributed by atoms with E-state index in [1.165, 1.54) is 5.56 Å². The molecule has 2 nitrogen and oxygen atoms in total. The SMILES string of the molecule is Clc1ccc2c(c1)NC=NC2. The largest absolute Gasteiger partial charge is 0.346 e. The molecule has 0 amide bonds. The van der Waals surface area contributed by atoms with Gasteiger partial charge in [0.15, 0.2) is 0 Å². The quantitative estimate of drug-likeness (QED) is 0.629. The minimum absolute atomic E-state index is 0.750. The summed E-state index contributed by atoms with van der Waals surface area (Å²) >= 11 is 5.79. The Morgan fingerprint density at radius 3 is 3.27 bits per heavy atom. The molecule has 0 unspecified atom stereocenters. The van der Waals surface area contributed by atoms with Gasteiger partial charge in [-0.2, -0.15) is 0 Å². The summed E-state index contributed by atoms with van der Waals surface area (Å²) in [5.41, 5.74) is 2.25. The fraction of sp³-hybridized carbons (Fsp3) is 0.125. The third-order valence-electron chi connectivity index (χ3n) is 1.64. The predicted molar refractivity (Wildman–Crippen MR) is 47.3 cm³/mol. The molecule has 1 heterocycles. The van der Waals surface area contributed by atoms with Crippen LogP contribution in [0.25, 0.3) is 0 Å². The minimum atomic E-state index is 0.750. The summed E-state index contributed by atoms with van der Waals surface area (Å²) in [5, 5.41) is 3.78. The number of benzene rings is 1. The average Bonchev–Trinajstić information content (AvgIpc) is 2.04. The second kappa shape index (κ2) is 2.55. The lowest BCUT2D eigenvalue weighted by Crippen LogP contribution is -2.04. The van der Waals surface area contributed by atoms with Crippen LogP contribution in [0.1, 0.15) is 5.56 Å². The van der Waals surface area contributed by atoms with E-state index in [2.05, 4.69) is 10.3 Å². The van der Waals surface area contributed by atoms with Crippen LogP contribution in [-0.4, -0.2) is 6.34 Å². The first-order valence-corrected chi connectivity index (χ1v) is 3.77. The van der Waals surface area contributed by atoms with Crippen molar-refractivity contribution >= 4 is 23.6 Å². The summed E-state index contributed by atoms with van der Waals surface area (Å²) in [6.07, 6.45) is 1.69. The van der Waals surface area contributed by atoms with Crippen molar-refractivity contribution in [1.29, 1.82) is 0 Å². The van der Waals surface area contributed by atoms with Crippen LogP contribution in [0.3, 0.4) is 0 Å². The first-order valence-electron chi connectivity index (χ1n) is 3.39. The lowest BCUT2D eigenvalue weighted by Gasteiger charge is -2.11. The van der Waals surface area contributed by atoms with Crippen LogP contribution in [0.15, 0.2) is 23.2 Å². The molecule has 0 saturated heterocycles. The highest BCUT2D eigenvalue weighted by Crippen LogP contribution is 2.22. The Balaban J connectivity index is 2.48. The molecule has 0 atom stereocenters. The number of aliphatic imine (C=N–C) groups is 1. The second-order valence-corrected chi connectivity index (χ2v) is 2.85. The summed E-state index contributed by atoms with van der Waals surface area (Å²) in [6.45, 7) is 0.750. The Labute approximate surface area is 69.9 Å². The van der Waals surface area contributed by atoms with Crippen molar-refractivity contribution in [2.24, 2.45) is 4.99 Å². The molecule has 0 saturated carbocycles. The number of rotatable bonds is 0. The molecule has 1 aliphatic rings. The maximum atomic E-state index is 5.79. The number of fused-ring (bicyclic) bond motifs is 1. The topological polar surface area (TPSA) is 24.4 Å². The summed E-state index contributed by atoms with van der Waals surface area (Å²) in [7, 11) is 0. The van der Waals surface area contributed by atoms with Crippen LogP contribution in [-0.2, 0) is 6.54 Å². The van der Waals surface area contributed by atoms with Crippen molar-refractivity contribution in [3.8, 4) is 0 Å². The van der Waals surface area contributed by atoms with Gasteiger partial charge in [-0.1, -0.05) is 17.7 Å². The van der Waals surface area contributed by atoms with Gasteiger partial charge in [0.05, 0.1) is 12.9 Å². The number of hydrogen-bond acceptors (Lipinski definition) is 2. The Bertz CT molecular complexity index is 307. The van der Waals surface area contributed by atoms with E-state index in [-0.39, 0.29) is 0 Å². The van der Waals surface area contributed by atoms with Gasteiger partial charge >= 0.3 is 0 Å². The lowest BCUT2D eigenvalue weighted by molar-refractivity contribution is 1.06. The van der Waals surface area contributed by atoms with Crippen molar-refractivity contribution in [2.45, 2.75) is 6.54 Å². The van der Waals surface area contributed by atoms with E-state index in [9.17, 15) is 0 Å². The summed E-state index contributed by atoms with van der Waals surface area (Å²) in [5.74, 6) is 0. The Hall–Kier alpha value is -1.02. The number of nitrogens with zero attached hydrogens (tertiary/aromatic N) is 1. The maximum absolute atomic E-state index is 5.79. The Kier molecular flexibility index (Phi) is 1.55. The van der Waals surface area contributed by atoms with E-state index in [1.54, 1.807) is 6.34 Å². The zero-order chi connectivity index (χ0) is 7.68. The lowest BCUT2D eigenvalue weighted by atomic mass is 10.1. The van der Waals surface area contributed by atoms with Crippen LogP contribution < -0.4 is 5.32 Å². The normalized spacial score (nSPS) is 13.9. The van der Waals surface area contributed by atoms with Gasteiger partial charge in [-0.25, -0.2) is 0 Å². The number of nitrogens with one attached hydrogen (secondary N) is 1. The highest BCUT2D eigenvalue weighted by molar-refractivity contribution is 6.30. The van der Waals surface area contributed by atoms with Gasteiger partial charge in [0.2, 0.25) is 0 Å². The van der Waals surface area contributed by atoms with Crippen molar-refractivity contribution in [2.75, 3.05) is 5.32 Å². The van der Waals surface area contributed by atoms with E-state index >= 15 is 0 Å². The fourth-order valence-electron chi connectivity index (χ4n) is 1.08. The van der Waals surface area contributed by atoms with Crippen molar-refractivity contribution < 1.29 is 0 Å². The van der Waals surface area contributed by atoms with E-state index in [0.717, 1.165) is 17.3 Å². The molecule has 0 spiro atoms. The van der Waals surface area contributed by atoms with Crippen molar-refractivity contribution in [1.82, 2.24) is 0 Å². The molecule has 1 aliphatic heterocycles. The molecule has 0 aromatic heterocycles. The van der Waals surface area contributed by atoms with Crippen molar-refractivity contribution in [3.63, 3.8) is 0 Å². The predicted octanol–water partition coefficient (Wildman–Crippen LogP) is 2.29. The highest BCUT2D eigenvalue weighted by Gasteiger charge is 2.03. The van der Waals surface area contributed by atoms with Gasteiger partial charge in [0, 0.05) is 10.7 Å². The summed E-state index contributed by atoms with van der Waals surface area (Å²) in [6, 6.07) is 5.77. The standard InChI is InChI=1S/C8H7ClN2/c9-7-2-1-6-4-10-5-11-8(6)3-7/h1-3,5H,4H2,(H,10,11). The van der Waals surface area contributed by atoms with Gasteiger partial charge in [-0.3, -0.25) is 4.99 Å². The maximum Gasteiger partial charge on any atom is 0.0872 e. The van der Waals surface area contributed by atoms with Gasteiger partial charge < -0.3 is 5.32 Å². The number of halogens is 1. The van der Waals surface area contributed by atoms with E-state index in [0.29, 0.717) is 0 Å². The minimum Gasteiger partial charge on any atom is -0.346 e. The molecule has 56 valence electrons. The molecule has 11 heavy (non-hydrogen) atoms. The Morgan fingerprint density at radius 1 is 1.45 bits per heavy atom. The van der Waals surface area contributed by atoms with Crippen LogP contribution in [0, 0.1) is 0 Å². The van der Waals surface area contributed by atoms with Crippen LogP contribution in [0.5, 0.6) is 0 Å². The average molecular weight is 167 g/mol. The molecule has 1 aromatic rings. The first kappa shape index (κ1) is 6.68. The molecular weight excluding hydrogens is 160 g/mol. The van der Waals surface area contributed by atoms with E-state index in [1.807, 2.05) is 18.2 Å². The number of hydrogen-bond donors (Lipinski definition) is 1. The van der Waals surface area contributed by atoms with E-state index < -0.39 is 0 Å². The molecular formula is C8H7ClN2. The van der Waals surface area contributed by atoms with E-state index in [4.69, 9.17) is 11.6 Å². The van der Waals surface area contributed by atoms with Gasteiger partial charge in [0.25, 0.3) is 0 Å². The van der Waals surface area contributed by atoms with Crippen LogP contribution in [0.2, 0.25) is 5.02 Å². The van der Waals surface area contributed by atoms with Crippen LogP contribution in [0.4, 0.5) is 5.69 Å². The monoisotopic (exact) mass is 166 g/mol. The molecule has 0 aliphatic carbocycles. The number of anilines is 1. The smallest absolute Gasteiger partial charge is 0.0872 e. The third kappa shape index (κ3) is 1.21. The molecule has 0 fully saturated rings. The zero-order valence-corrected chi connectivity index (χ0v) is 6.60. The van der Waals surface area contributed by atoms with Gasteiger partial charge in [0.1, 0.15) is 0 Å². The molecule has 3 heteroatoms. The van der Waals surface area contributed by atoms with Gasteiger partial charge in [-0.15, -0.1) is 0 Å². The summed E-state index contributed by atoms with van der Waals surface area (Å²) < 4.78 is 0. The van der Waals surface area contributed by atoms with Crippen LogP contribution >= 0.6 is 11.6 Å². The molecule has 1 N–H and O–H groups in total. The molecule has 0 radical (unpaired) electrons. The first-order chi connectivity index (χ1) is 5.36. The fourth-order valence-corrected chi connectivity index (χ4v) is 1.25. The Morgan fingerprint density at radius 2 is 2.36 bits per heavy atom.